The molecule has 4 nitrogen and oxygen atoms in total. The molecule has 0 saturated carbocycles. The predicted molar refractivity (Wildman–Crippen MR) is 52.4 cm³/mol. The van der Waals surface area contributed by atoms with E-state index in [0.29, 0.717) is 11.0 Å². The zero-order valence-electron chi connectivity index (χ0n) is 6.32. The third kappa shape index (κ3) is 1.79. The average Bonchev–Trinajstić information content (AvgIpc) is 2.04. The Hall–Kier alpha value is -1.13. The SMILES string of the molecule is Cl.O=c1[nH]c(Cl)nc2ncccc12. The van der Waals surface area contributed by atoms with Gasteiger partial charge in [-0.25, -0.2) is 4.98 Å². The van der Waals surface area contributed by atoms with E-state index >= 15 is 0 Å². The minimum Gasteiger partial charge on any atom is -0.297 e. The number of hydrogen-bond donors (Lipinski definition) is 1. The zero-order valence-corrected chi connectivity index (χ0v) is 7.89. The summed E-state index contributed by atoms with van der Waals surface area (Å²) in [4.78, 5) is 21.3. The van der Waals surface area contributed by atoms with Crippen molar-refractivity contribution in [3.05, 3.63) is 34.0 Å². The number of H-pyrrole nitrogens is 1. The molecule has 2 heterocycles. The molecule has 13 heavy (non-hydrogen) atoms. The summed E-state index contributed by atoms with van der Waals surface area (Å²) in [6.07, 6.45) is 1.56. The number of pyridine rings is 1. The zero-order chi connectivity index (χ0) is 8.55. The molecule has 0 aliphatic carbocycles. The topological polar surface area (TPSA) is 58.6 Å². The molecule has 0 aliphatic rings. The highest BCUT2D eigenvalue weighted by molar-refractivity contribution is 6.28. The molecule has 0 fully saturated rings. The molecule has 0 spiro atoms. The predicted octanol–water partition coefficient (Wildman–Crippen LogP) is 1.39. The molecule has 2 rings (SSSR count). The molecule has 0 aromatic carbocycles. The lowest BCUT2D eigenvalue weighted by molar-refractivity contribution is 1.14. The first kappa shape index (κ1) is 9.95. The summed E-state index contributed by atoms with van der Waals surface area (Å²) in [6, 6.07) is 3.32. The minimum absolute atomic E-state index is 0. The van der Waals surface area contributed by atoms with E-state index in [4.69, 9.17) is 11.6 Å². The molecule has 2 aromatic rings. The Balaban J connectivity index is 0.000000845. The van der Waals surface area contributed by atoms with E-state index in [9.17, 15) is 4.79 Å². The van der Waals surface area contributed by atoms with E-state index in [1.54, 1.807) is 18.3 Å². The van der Waals surface area contributed by atoms with Crippen molar-refractivity contribution in [1.29, 1.82) is 0 Å². The Morgan fingerprint density at radius 3 is 3.00 bits per heavy atom. The summed E-state index contributed by atoms with van der Waals surface area (Å²) >= 11 is 5.52. The van der Waals surface area contributed by atoms with Crippen LogP contribution in [0.5, 0.6) is 0 Å². The van der Waals surface area contributed by atoms with Gasteiger partial charge >= 0.3 is 0 Å². The number of rotatable bonds is 0. The molecule has 0 amide bonds. The number of halogens is 2. The van der Waals surface area contributed by atoms with Gasteiger partial charge < -0.3 is 0 Å². The maximum absolute atomic E-state index is 11.2. The smallest absolute Gasteiger partial charge is 0.261 e. The summed E-state index contributed by atoms with van der Waals surface area (Å²) in [7, 11) is 0. The van der Waals surface area contributed by atoms with Gasteiger partial charge in [-0.15, -0.1) is 12.4 Å². The Labute approximate surface area is 84.4 Å². The molecule has 68 valence electrons. The van der Waals surface area contributed by atoms with Crippen LogP contribution in [0.2, 0.25) is 5.28 Å². The fraction of sp³-hybridized carbons (Fsp3) is 0. The average molecular weight is 218 g/mol. The molecule has 2 aromatic heterocycles. The van der Waals surface area contributed by atoms with Gasteiger partial charge in [0.1, 0.15) is 0 Å². The van der Waals surface area contributed by atoms with Crippen molar-refractivity contribution in [3.63, 3.8) is 0 Å². The van der Waals surface area contributed by atoms with E-state index in [0.717, 1.165) is 0 Å². The maximum atomic E-state index is 11.2. The first-order valence-corrected chi connectivity index (χ1v) is 3.66. The second-order valence-electron chi connectivity index (χ2n) is 2.23. The number of hydrogen-bond acceptors (Lipinski definition) is 3. The van der Waals surface area contributed by atoms with Crippen molar-refractivity contribution in [2.45, 2.75) is 0 Å². The highest BCUT2D eigenvalue weighted by Gasteiger charge is 2.00. The molecule has 0 bridgehead atoms. The van der Waals surface area contributed by atoms with Crippen molar-refractivity contribution in [2.75, 3.05) is 0 Å². The van der Waals surface area contributed by atoms with Crippen LogP contribution < -0.4 is 5.56 Å². The van der Waals surface area contributed by atoms with Crippen LogP contribution in [-0.4, -0.2) is 15.0 Å². The monoisotopic (exact) mass is 217 g/mol. The van der Waals surface area contributed by atoms with Crippen molar-refractivity contribution < 1.29 is 0 Å². The fourth-order valence-corrected chi connectivity index (χ4v) is 1.11. The fourth-order valence-electron chi connectivity index (χ4n) is 0.945. The third-order valence-corrected chi connectivity index (χ3v) is 1.63. The van der Waals surface area contributed by atoms with E-state index in [1.807, 2.05) is 0 Å². The normalized spacial score (nSPS) is 9.62. The summed E-state index contributed by atoms with van der Waals surface area (Å²) in [5.41, 5.74) is 0.101. The van der Waals surface area contributed by atoms with Gasteiger partial charge in [0, 0.05) is 6.20 Å². The van der Waals surface area contributed by atoms with Gasteiger partial charge in [-0.3, -0.25) is 9.78 Å². The van der Waals surface area contributed by atoms with E-state index < -0.39 is 0 Å². The number of fused-ring (bicyclic) bond motifs is 1. The standard InChI is InChI=1S/C7H4ClN3O.ClH/c8-7-10-5-4(6(12)11-7)2-1-3-9-5;/h1-3H,(H,9,10,11,12);1H. The second-order valence-corrected chi connectivity index (χ2v) is 2.59. The number of nitrogens with zero attached hydrogens (tertiary/aromatic N) is 2. The minimum atomic E-state index is -0.266. The van der Waals surface area contributed by atoms with Gasteiger partial charge in [0.05, 0.1) is 5.39 Å². The van der Waals surface area contributed by atoms with Gasteiger partial charge in [0.15, 0.2) is 5.65 Å². The van der Waals surface area contributed by atoms with Crippen molar-refractivity contribution in [3.8, 4) is 0 Å². The number of aromatic nitrogens is 3. The molecule has 0 unspecified atom stereocenters. The van der Waals surface area contributed by atoms with Crippen LogP contribution in [0.25, 0.3) is 11.0 Å². The van der Waals surface area contributed by atoms with Crippen LogP contribution in [0.3, 0.4) is 0 Å². The van der Waals surface area contributed by atoms with Gasteiger partial charge in [0.25, 0.3) is 5.56 Å². The molecule has 0 radical (unpaired) electrons. The summed E-state index contributed by atoms with van der Waals surface area (Å²) < 4.78 is 0. The van der Waals surface area contributed by atoms with Gasteiger partial charge in [-0.2, -0.15) is 4.98 Å². The molecule has 0 aliphatic heterocycles. The molecule has 1 N–H and O–H groups in total. The van der Waals surface area contributed by atoms with E-state index in [1.165, 1.54) is 0 Å². The third-order valence-electron chi connectivity index (χ3n) is 1.45. The number of nitrogens with one attached hydrogen (secondary N) is 1. The van der Waals surface area contributed by atoms with Crippen molar-refractivity contribution >= 4 is 35.0 Å². The Morgan fingerprint density at radius 1 is 1.46 bits per heavy atom. The molecule has 0 atom stereocenters. The van der Waals surface area contributed by atoms with Crippen LogP contribution >= 0.6 is 24.0 Å². The highest BCUT2D eigenvalue weighted by Crippen LogP contribution is 2.04. The van der Waals surface area contributed by atoms with Gasteiger partial charge in [-0.1, -0.05) is 0 Å². The lowest BCUT2D eigenvalue weighted by Gasteiger charge is -1.93. The largest absolute Gasteiger partial charge is 0.297 e. The summed E-state index contributed by atoms with van der Waals surface area (Å²) in [5, 5.41) is 0.508. The number of aromatic amines is 1. The Morgan fingerprint density at radius 2 is 2.23 bits per heavy atom. The lowest BCUT2D eigenvalue weighted by Crippen LogP contribution is -2.08. The van der Waals surface area contributed by atoms with E-state index in [2.05, 4.69) is 15.0 Å². The lowest BCUT2D eigenvalue weighted by atomic mass is 10.3. The molecular formula is C7H5Cl2N3O. The summed E-state index contributed by atoms with van der Waals surface area (Å²) in [5.74, 6) is 0. The quantitative estimate of drug-likeness (QED) is 0.679. The summed E-state index contributed by atoms with van der Waals surface area (Å²) in [6.45, 7) is 0. The Bertz CT molecular complexity index is 482. The van der Waals surface area contributed by atoms with Crippen LogP contribution in [0.4, 0.5) is 0 Å². The highest BCUT2D eigenvalue weighted by atomic mass is 35.5. The van der Waals surface area contributed by atoms with Crippen LogP contribution in [-0.2, 0) is 0 Å². The van der Waals surface area contributed by atoms with Gasteiger partial charge in [-0.05, 0) is 23.7 Å². The second kappa shape index (κ2) is 3.72. The molecular weight excluding hydrogens is 213 g/mol. The van der Waals surface area contributed by atoms with Crippen LogP contribution in [0.15, 0.2) is 23.1 Å². The van der Waals surface area contributed by atoms with Crippen molar-refractivity contribution in [2.24, 2.45) is 0 Å². The molecule has 0 saturated heterocycles. The van der Waals surface area contributed by atoms with E-state index in [-0.39, 0.29) is 23.2 Å². The first-order chi connectivity index (χ1) is 5.77. The maximum Gasteiger partial charge on any atom is 0.261 e. The van der Waals surface area contributed by atoms with Crippen molar-refractivity contribution in [1.82, 2.24) is 15.0 Å². The first-order valence-electron chi connectivity index (χ1n) is 3.28. The van der Waals surface area contributed by atoms with Crippen LogP contribution in [0, 0.1) is 0 Å². The van der Waals surface area contributed by atoms with Gasteiger partial charge in [0.2, 0.25) is 5.28 Å². The van der Waals surface area contributed by atoms with Crippen LogP contribution in [0.1, 0.15) is 0 Å². The Kier molecular flexibility index (Phi) is 2.85. The molecule has 6 heteroatoms.